The number of ether oxygens (including phenoxy) is 1. The number of hydrogen-bond acceptors (Lipinski definition) is 2. The molecule has 2 aromatic carbocycles. The lowest BCUT2D eigenvalue weighted by Crippen LogP contribution is -2.10. The minimum absolute atomic E-state index is 0.167. The van der Waals surface area contributed by atoms with Crippen LogP contribution in [0.25, 0.3) is 11.1 Å². The molecule has 0 aromatic heterocycles. The van der Waals surface area contributed by atoms with Crippen LogP contribution in [0.2, 0.25) is 0 Å². The minimum atomic E-state index is 0.167. The topological polar surface area (TPSA) is 9.23 Å². The highest BCUT2D eigenvalue weighted by Gasteiger charge is 2.14. The maximum atomic E-state index is 5.27. The molecule has 0 saturated heterocycles. The van der Waals surface area contributed by atoms with Crippen molar-refractivity contribution in [2.24, 2.45) is 0 Å². The molecule has 20 heavy (non-hydrogen) atoms. The van der Waals surface area contributed by atoms with Gasteiger partial charge in [-0.2, -0.15) is 0 Å². The molecule has 104 valence electrons. The first-order valence-corrected chi connectivity index (χ1v) is 7.12. The fourth-order valence-electron chi connectivity index (χ4n) is 2.17. The van der Waals surface area contributed by atoms with E-state index in [1.807, 2.05) is 18.2 Å². The second-order valence-corrected chi connectivity index (χ2v) is 6.24. The van der Waals surface area contributed by atoms with Crippen LogP contribution in [0.15, 0.2) is 48.5 Å². The molecule has 2 aromatic rings. The molecule has 2 rings (SSSR count). The fourth-order valence-corrected chi connectivity index (χ4v) is 2.35. The maximum Gasteiger partial charge on any atom is 0.191 e. The molecule has 2 heteroatoms. The standard InChI is InChI=1S/C18H20OS/c1-18(2,3)14-11-9-13(10-12-14)15-7-5-6-8-16(15)17(20)19-4/h5-12H,1-4H3. The number of methoxy groups -OCH3 is 1. The van der Waals surface area contributed by atoms with Gasteiger partial charge in [-0.3, -0.25) is 0 Å². The Balaban J connectivity index is 2.45. The molecule has 0 amide bonds. The Morgan fingerprint density at radius 2 is 1.55 bits per heavy atom. The molecule has 0 aliphatic heterocycles. The lowest BCUT2D eigenvalue weighted by molar-refractivity contribution is 0.416. The molecule has 0 radical (unpaired) electrons. The van der Waals surface area contributed by atoms with Gasteiger partial charge in [-0.25, -0.2) is 0 Å². The van der Waals surface area contributed by atoms with E-state index < -0.39 is 0 Å². The molecule has 0 aliphatic rings. The van der Waals surface area contributed by atoms with Gasteiger partial charge in [0.1, 0.15) is 0 Å². The van der Waals surface area contributed by atoms with Gasteiger partial charge in [0.25, 0.3) is 0 Å². The summed E-state index contributed by atoms with van der Waals surface area (Å²) in [5, 5.41) is 0.528. The predicted octanol–water partition coefficient (Wildman–Crippen LogP) is 4.97. The monoisotopic (exact) mass is 284 g/mol. The molecule has 1 nitrogen and oxygen atoms in total. The molecular formula is C18H20OS. The number of benzene rings is 2. The third kappa shape index (κ3) is 3.07. The van der Waals surface area contributed by atoms with E-state index >= 15 is 0 Å². The van der Waals surface area contributed by atoms with Crippen molar-refractivity contribution < 1.29 is 4.74 Å². The van der Waals surface area contributed by atoms with E-state index in [-0.39, 0.29) is 5.41 Å². The third-order valence-electron chi connectivity index (χ3n) is 3.39. The quantitative estimate of drug-likeness (QED) is 0.720. The first-order chi connectivity index (χ1) is 9.43. The molecule has 0 fully saturated rings. The number of rotatable bonds is 2. The molecule has 0 unspecified atom stereocenters. The van der Waals surface area contributed by atoms with Gasteiger partial charge in [0.05, 0.1) is 7.11 Å². The Kier molecular flexibility index (Phi) is 4.24. The van der Waals surface area contributed by atoms with E-state index in [2.05, 4.69) is 51.1 Å². The van der Waals surface area contributed by atoms with Crippen molar-refractivity contribution >= 4 is 17.3 Å². The summed E-state index contributed by atoms with van der Waals surface area (Å²) in [4.78, 5) is 0. The number of hydrogen-bond donors (Lipinski definition) is 0. The molecule has 0 saturated carbocycles. The molecule has 0 N–H and O–H groups in total. The fraction of sp³-hybridized carbons (Fsp3) is 0.278. The highest BCUT2D eigenvalue weighted by Crippen LogP contribution is 2.28. The van der Waals surface area contributed by atoms with E-state index in [4.69, 9.17) is 17.0 Å². The van der Waals surface area contributed by atoms with Crippen molar-refractivity contribution in [3.05, 3.63) is 59.7 Å². The zero-order valence-corrected chi connectivity index (χ0v) is 13.3. The summed E-state index contributed by atoms with van der Waals surface area (Å²) in [5.74, 6) is 0. The summed E-state index contributed by atoms with van der Waals surface area (Å²) in [5.41, 5.74) is 4.73. The smallest absolute Gasteiger partial charge is 0.191 e. The SMILES string of the molecule is COC(=S)c1ccccc1-c1ccc(C(C)(C)C)cc1. The second kappa shape index (κ2) is 5.76. The van der Waals surface area contributed by atoms with Crippen LogP contribution in [-0.4, -0.2) is 12.2 Å². The van der Waals surface area contributed by atoms with Gasteiger partial charge in [-0.05, 0) is 40.4 Å². The van der Waals surface area contributed by atoms with E-state index in [9.17, 15) is 0 Å². The summed E-state index contributed by atoms with van der Waals surface area (Å²) < 4.78 is 5.21. The zero-order valence-electron chi connectivity index (χ0n) is 12.4. The van der Waals surface area contributed by atoms with Crippen LogP contribution in [0.3, 0.4) is 0 Å². The van der Waals surface area contributed by atoms with Crippen molar-refractivity contribution in [2.75, 3.05) is 7.11 Å². The first kappa shape index (κ1) is 14.7. The minimum Gasteiger partial charge on any atom is -0.486 e. The van der Waals surface area contributed by atoms with Gasteiger partial charge < -0.3 is 4.74 Å². The van der Waals surface area contributed by atoms with Crippen molar-refractivity contribution in [3.63, 3.8) is 0 Å². The van der Waals surface area contributed by atoms with E-state index in [1.54, 1.807) is 7.11 Å². The zero-order chi connectivity index (χ0) is 14.8. The second-order valence-electron chi connectivity index (χ2n) is 5.86. The molecule has 0 spiro atoms. The van der Waals surface area contributed by atoms with Crippen molar-refractivity contribution in [1.29, 1.82) is 0 Å². The Hall–Kier alpha value is -1.67. The first-order valence-electron chi connectivity index (χ1n) is 6.72. The van der Waals surface area contributed by atoms with Crippen molar-refractivity contribution in [3.8, 4) is 11.1 Å². The Morgan fingerprint density at radius 3 is 2.10 bits per heavy atom. The summed E-state index contributed by atoms with van der Waals surface area (Å²) in [6, 6.07) is 16.7. The Labute approximate surface area is 126 Å². The van der Waals surface area contributed by atoms with Crippen molar-refractivity contribution in [1.82, 2.24) is 0 Å². The highest BCUT2D eigenvalue weighted by atomic mass is 32.1. The van der Waals surface area contributed by atoms with Crippen molar-refractivity contribution in [2.45, 2.75) is 26.2 Å². The van der Waals surface area contributed by atoms with E-state index in [0.717, 1.165) is 16.7 Å². The summed E-state index contributed by atoms with van der Waals surface area (Å²) in [6.07, 6.45) is 0. The lowest BCUT2D eigenvalue weighted by atomic mass is 9.86. The third-order valence-corrected chi connectivity index (χ3v) is 3.78. The normalized spacial score (nSPS) is 11.2. The van der Waals surface area contributed by atoms with Crippen LogP contribution in [0.4, 0.5) is 0 Å². The average Bonchev–Trinajstić information content (AvgIpc) is 2.45. The number of thiocarbonyl (C=S) groups is 1. The molecule has 0 bridgehead atoms. The Morgan fingerprint density at radius 1 is 0.950 bits per heavy atom. The molecule has 0 heterocycles. The van der Waals surface area contributed by atoms with Crippen LogP contribution in [0.5, 0.6) is 0 Å². The van der Waals surface area contributed by atoms with E-state index in [1.165, 1.54) is 5.56 Å². The van der Waals surface area contributed by atoms with Gasteiger partial charge >= 0.3 is 0 Å². The summed E-state index contributed by atoms with van der Waals surface area (Å²) in [7, 11) is 1.61. The van der Waals surface area contributed by atoms with Crippen LogP contribution < -0.4 is 0 Å². The maximum absolute atomic E-state index is 5.27. The van der Waals surface area contributed by atoms with Gasteiger partial charge in [-0.15, -0.1) is 0 Å². The largest absolute Gasteiger partial charge is 0.486 e. The van der Waals surface area contributed by atoms with Gasteiger partial charge in [0.15, 0.2) is 5.05 Å². The predicted molar refractivity (Wildman–Crippen MR) is 89.3 cm³/mol. The van der Waals surface area contributed by atoms with E-state index in [0.29, 0.717) is 5.05 Å². The van der Waals surface area contributed by atoms with Crippen LogP contribution >= 0.6 is 12.2 Å². The lowest BCUT2D eigenvalue weighted by Gasteiger charge is -2.19. The highest BCUT2D eigenvalue weighted by molar-refractivity contribution is 7.80. The molecule has 0 atom stereocenters. The Bertz CT molecular complexity index is 606. The van der Waals surface area contributed by atoms with Crippen LogP contribution in [0, 0.1) is 0 Å². The average molecular weight is 284 g/mol. The van der Waals surface area contributed by atoms with Gasteiger partial charge in [-0.1, -0.05) is 63.2 Å². The van der Waals surface area contributed by atoms with Crippen LogP contribution in [0.1, 0.15) is 31.9 Å². The summed E-state index contributed by atoms with van der Waals surface area (Å²) in [6.45, 7) is 6.65. The molecule has 0 aliphatic carbocycles. The summed E-state index contributed by atoms with van der Waals surface area (Å²) >= 11 is 5.27. The molecular weight excluding hydrogens is 264 g/mol. The van der Waals surface area contributed by atoms with Gasteiger partial charge in [0.2, 0.25) is 0 Å². The van der Waals surface area contributed by atoms with Gasteiger partial charge in [0, 0.05) is 5.56 Å². The van der Waals surface area contributed by atoms with Crippen LogP contribution in [-0.2, 0) is 10.2 Å².